The molecule has 3 heterocycles. The smallest absolute Gasteiger partial charge is 0.332 e. The first-order valence-corrected chi connectivity index (χ1v) is 6.19. The first kappa shape index (κ1) is 8.99. The molecule has 84 valence electrons. The number of piperidine rings is 1. The second-order valence-electron chi connectivity index (χ2n) is 5.29. The molecule has 4 aliphatic rings. The van der Waals surface area contributed by atoms with Crippen molar-refractivity contribution in [1.82, 2.24) is 4.90 Å². The average molecular weight is 217 g/mol. The molecule has 0 saturated carbocycles. The Hall–Kier alpha value is -1.09. The molecule has 2 fully saturated rings. The molecule has 2 bridgehead atoms. The summed E-state index contributed by atoms with van der Waals surface area (Å²) >= 11 is 0. The fourth-order valence-electron chi connectivity index (χ4n) is 3.94. The molecule has 3 nitrogen and oxygen atoms in total. The average Bonchev–Trinajstić information content (AvgIpc) is 2.76. The van der Waals surface area contributed by atoms with Crippen molar-refractivity contribution in [3.8, 4) is 0 Å². The molecular formula is C13H15NO2. The Kier molecular flexibility index (Phi) is 1.56. The Bertz CT molecular complexity index is 426. The Morgan fingerprint density at radius 2 is 2.38 bits per heavy atom. The van der Waals surface area contributed by atoms with Gasteiger partial charge in [-0.15, -0.1) is 0 Å². The van der Waals surface area contributed by atoms with Gasteiger partial charge in [0.15, 0.2) is 5.60 Å². The van der Waals surface area contributed by atoms with Crippen LogP contribution >= 0.6 is 0 Å². The molecule has 2 saturated heterocycles. The summed E-state index contributed by atoms with van der Waals surface area (Å²) in [5.41, 5.74) is 0.833. The summed E-state index contributed by atoms with van der Waals surface area (Å²) in [5.74, 6) is -0.146. The fourth-order valence-corrected chi connectivity index (χ4v) is 3.94. The second kappa shape index (κ2) is 2.77. The van der Waals surface area contributed by atoms with Crippen molar-refractivity contribution < 1.29 is 9.53 Å². The summed E-state index contributed by atoms with van der Waals surface area (Å²) in [6.45, 7) is 1.16. The van der Waals surface area contributed by atoms with Gasteiger partial charge in [-0.2, -0.15) is 0 Å². The summed E-state index contributed by atoms with van der Waals surface area (Å²) in [5, 5.41) is 0. The second-order valence-corrected chi connectivity index (χ2v) is 5.29. The molecule has 3 aliphatic heterocycles. The number of fused-ring (bicyclic) bond motifs is 3. The number of carbonyl (C=O) groups is 1. The highest BCUT2D eigenvalue weighted by Crippen LogP contribution is 2.51. The topological polar surface area (TPSA) is 29.5 Å². The van der Waals surface area contributed by atoms with Crippen LogP contribution in [0.15, 0.2) is 23.8 Å². The summed E-state index contributed by atoms with van der Waals surface area (Å²) < 4.78 is 5.69. The molecule has 3 atom stereocenters. The van der Waals surface area contributed by atoms with Gasteiger partial charge < -0.3 is 4.74 Å². The molecule has 0 aromatic rings. The maximum atomic E-state index is 11.5. The van der Waals surface area contributed by atoms with Gasteiger partial charge in [-0.3, -0.25) is 4.90 Å². The molecule has 0 amide bonds. The molecule has 0 aromatic carbocycles. The molecular weight excluding hydrogens is 202 g/mol. The van der Waals surface area contributed by atoms with Gasteiger partial charge in [0.2, 0.25) is 0 Å². The third-order valence-electron chi connectivity index (χ3n) is 4.56. The van der Waals surface area contributed by atoms with Crippen LogP contribution in [-0.4, -0.2) is 35.1 Å². The van der Waals surface area contributed by atoms with Crippen LogP contribution in [-0.2, 0) is 9.53 Å². The predicted molar refractivity (Wildman–Crippen MR) is 58.8 cm³/mol. The van der Waals surface area contributed by atoms with Crippen molar-refractivity contribution in [1.29, 1.82) is 0 Å². The minimum absolute atomic E-state index is 0.146. The minimum Gasteiger partial charge on any atom is -0.449 e. The maximum Gasteiger partial charge on any atom is 0.332 e. The van der Waals surface area contributed by atoms with E-state index in [-0.39, 0.29) is 11.6 Å². The maximum absolute atomic E-state index is 11.5. The summed E-state index contributed by atoms with van der Waals surface area (Å²) in [7, 11) is 0. The van der Waals surface area contributed by atoms with Crippen molar-refractivity contribution in [3.63, 3.8) is 0 Å². The highest BCUT2D eigenvalue weighted by molar-refractivity contribution is 5.88. The van der Waals surface area contributed by atoms with Crippen LogP contribution in [0.25, 0.3) is 0 Å². The van der Waals surface area contributed by atoms with E-state index in [0.29, 0.717) is 12.1 Å². The van der Waals surface area contributed by atoms with E-state index in [1.165, 1.54) is 19.3 Å². The number of hydrogen-bond acceptors (Lipinski definition) is 3. The van der Waals surface area contributed by atoms with E-state index in [1.54, 1.807) is 6.08 Å². The van der Waals surface area contributed by atoms with Gasteiger partial charge in [-0.25, -0.2) is 4.79 Å². The SMILES string of the molecule is O=C1C=C2C=C[C@@H]3C[C@@]2(O1)C1CCCCN13. The van der Waals surface area contributed by atoms with Gasteiger partial charge in [-0.05, 0) is 19.4 Å². The number of esters is 1. The first-order valence-electron chi connectivity index (χ1n) is 6.19. The lowest BCUT2D eigenvalue weighted by atomic mass is 9.80. The Balaban J connectivity index is 1.84. The summed E-state index contributed by atoms with van der Waals surface area (Å²) in [6, 6.07) is 0.923. The number of ether oxygens (including phenoxy) is 1. The van der Waals surface area contributed by atoms with E-state index in [4.69, 9.17) is 4.74 Å². The number of nitrogens with zero attached hydrogens (tertiary/aromatic N) is 1. The predicted octanol–water partition coefficient (Wildman–Crippen LogP) is 1.41. The van der Waals surface area contributed by atoms with Gasteiger partial charge >= 0.3 is 5.97 Å². The lowest BCUT2D eigenvalue weighted by Gasteiger charge is -2.37. The van der Waals surface area contributed by atoms with Crippen molar-refractivity contribution in [2.75, 3.05) is 6.54 Å². The quantitative estimate of drug-likeness (QED) is 0.574. The van der Waals surface area contributed by atoms with E-state index in [9.17, 15) is 4.79 Å². The molecule has 3 heteroatoms. The Labute approximate surface area is 94.8 Å². The van der Waals surface area contributed by atoms with Crippen molar-refractivity contribution in [3.05, 3.63) is 23.8 Å². The third kappa shape index (κ3) is 0.908. The molecule has 0 radical (unpaired) electrons. The zero-order chi connectivity index (χ0) is 10.8. The fraction of sp³-hybridized carbons (Fsp3) is 0.615. The van der Waals surface area contributed by atoms with Gasteiger partial charge in [-0.1, -0.05) is 18.6 Å². The number of rotatable bonds is 0. The highest BCUT2D eigenvalue weighted by Gasteiger charge is 2.59. The van der Waals surface area contributed by atoms with Gasteiger partial charge in [0.25, 0.3) is 0 Å². The highest BCUT2D eigenvalue weighted by atomic mass is 16.6. The Morgan fingerprint density at radius 1 is 1.44 bits per heavy atom. The minimum atomic E-state index is -0.281. The van der Waals surface area contributed by atoms with E-state index >= 15 is 0 Å². The lowest BCUT2D eigenvalue weighted by Crippen LogP contribution is -2.48. The lowest BCUT2D eigenvalue weighted by molar-refractivity contribution is -0.148. The van der Waals surface area contributed by atoms with Crippen LogP contribution in [0.5, 0.6) is 0 Å². The van der Waals surface area contributed by atoms with Crippen LogP contribution in [0.1, 0.15) is 25.7 Å². The van der Waals surface area contributed by atoms with Crippen molar-refractivity contribution in [2.24, 2.45) is 0 Å². The van der Waals surface area contributed by atoms with Gasteiger partial charge in [0.05, 0.1) is 6.04 Å². The van der Waals surface area contributed by atoms with Crippen LogP contribution < -0.4 is 0 Å². The van der Waals surface area contributed by atoms with Gasteiger partial charge in [0, 0.05) is 24.1 Å². The molecule has 0 N–H and O–H groups in total. The standard InChI is InChI=1S/C13H15NO2/c15-12-7-9-4-5-10-8-13(9,16-12)11-3-1-2-6-14(10)11/h4-5,7,10-11H,1-3,6,8H2/t10-,11?,13+/m1/s1. The third-order valence-corrected chi connectivity index (χ3v) is 4.56. The van der Waals surface area contributed by atoms with Gasteiger partial charge in [0.1, 0.15) is 0 Å². The molecule has 1 unspecified atom stereocenters. The monoisotopic (exact) mass is 217 g/mol. The normalized spacial score (nSPS) is 45.0. The molecule has 1 aliphatic carbocycles. The van der Waals surface area contributed by atoms with E-state index in [2.05, 4.69) is 17.1 Å². The largest absolute Gasteiger partial charge is 0.449 e. The van der Waals surface area contributed by atoms with Crippen molar-refractivity contribution in [2.45, 2.75) is 43.4 Å². The number of hydrogen-bond donors (Lipinski definition) is 0. The van der Waals surface area contributed by atoms with E-state index in [0.717, 1.165) is 18.5 Å². The van der Waals surface area contributed by atoms with Crippen LogP contribution in [0.4, 0.5) is 0 Å². The van der Waals surface area contributed by atoms with Crippen LogP contribution in [0.2, 0.25) is 0 Å². The summed E-state index contributed by atoms with van der Waals surface area (Å²) in [6.07, 6.45) is 10.7. The Morgan fingerprint density at radius 3 is 3.31 bits per heavy atom. The molecule has 0 aromatic heterocycles. The molecule has 16 heavy (non-hydrogen) atoms. The summed E-state index contributed by atoms with van der Waals surface area (Å²) in [4.78, 5) is 14.1. The van der Waals surface area contributed by atoms with Crippen molar-refractivity contribution >= 4 is 5.97 Å². The van der Waals surface area contributed by atoms with E-state index in [1.807, 2.05) is 0 Å². The zero-order valence-electron chi connectivity index (χ0n) is 9.19. The molecule has 4 rings (SSSR count). The van der Waals surface area contributed by atoms with E-state index < -0.39 is 0 Å². The first-order chi connectivity index (χ1) is 7.79. The van der Waals surface area contributed by atoms with Crippen LogP contribution in [0.3, 0.4) is 0 Å². The number of carbonyl (C=O) groups excluding carboxylic acids is 1. The zero-order valence-corrected chi connectivity index (χ0v) is 9.19. The molecule has 1 spiro atoms. The van der Waals surface area contributed by atoms with Crippen LogP contribution in [0, 0.1) is 0 Å².